The van der Waals surface area contributed by atoms with E-state index in [1.54, 1.807) is 24.3 Å². The number of carboxylic acids is 1. The highest BCUT2D eigenvalue weighted by atomic mass is 16.4. The van der Waals surface area contributed by atoms with Crippen molar-refractivity contribution in [2.24, 2.45) is 7.05 Å². The van der Waals surface area contributed by atoms with Gasteiger partial charge in [-0.05, 0) is 79.1 Å². The quantitative estimate of drug-likeness (QED) is 0.152. The van der Waals surface area contributed by atoms with Crippen LogP contribution in [-0.4, -0.2) is 38.0 Å². The van der Waals surface area contributed by atoms with Crippen molar-refractivity contribution in [3.63, 3.8) is 0 Å². The SMILES string of the molecule is Cn1c(-c2cccc3cccnc23)c(C2CCCC2)c2ccc(C(=O)NC3(C(=O)Nc4ccc(/C=C/C(=O)O)cc4)CCCC3)cc21. The number of aliphatic carboxylic acids is 1. The molecule has 0 bridgehead atoms. The van der Waals surface area contributed by atoms with Crippen molar-refractivity contribution in [1.29, 1.82) is 0 Å². The molecular weight excluding hydrogens is 588 g/mol. The molecule has 2 heterocycles. The van der Waals surface area contributed by atoms with Crippen LogP contribution in [0.5, 0.6) is 0 Å². The van der Waals surface area contributed by atoms with Crippen molar-refractivity contribution in [3.05, 3.63) is 102 Å². The highest BCUT2D eigenvalue weighted by Crippen LogP contribution is 2.46. The third-order valence-electron chi connectivity index (χ3n) is 9.98. The molecule has 2 saturated carbocycles. The zero-order chi connectivity index (χ0) is 32.5. The van der Waals surface area contributed by atoms with Gasteiger partial charge in [0.2, 0.25) is 5.91 Å². The molecule has 238 valence electrons. The number of nitrogens with one attached hydrogen (secondary N) is 2. The van der Waals surface area contributed by atoms with Gasteiger partial charge in [-0.2, -0.15) is 0 Å². The summed E-state index contributed by atoms with van der Waals surface area (Å²) in [7, 11) is 2.08. The molecule has 7 rings (SSSR count). The number of benzene rings is 3. The third-order valence-corrected chi connectivity index (χ3v) is 9.98. The first-order valence-electron chi connectivity index (χ1n) is 16.4. The van der Waals surface area contributed by atoms with E-state index in [9.17, 15) is 14.4 Å². The molecule has 0 unspecified atom stereocenters. The molecule has 2 aliphatic rings. The van der Waals surface area contributed by atoms with Gasteiger partial charge in [0.15, 0.2) is 0 Å². The van der Waals surface area contributed by atoms with Crippen LogP contribution in [0.1, 0.15) is 78.8 Å². The van der Waals surface area contributed by atoms with E-state index in [0.717, 1.165) is 64.8 Å². The molecule has 2 aromatic heterocycles. The predicted molar refractivity (Wildman–Crippen MR) is 185 cm³/mol. The van der Waals surface area contributed by atoms with E-state index in [1.165, 1.54) is 24.5 Å². The van der Waals surface area contributed by atoms with Gasteiger partial charge in [-0.3, -0.25) is 14.6 Å². The minimum atomic E-state index is -1.02. The Morgan fingerprint density at radius 2 is 1.68 bits per heavy atom. The first-order chi connectivity index (χ1) is 22.8. The van der Waals surface area contributed by atoms with E-state index >= 15 is 0 Å². The van der Waals surface area contributed by atoms with Crippen LogP contribution in [-0.2, 0) is 16.6 Å². The van der Waals surface area contributed by atoms with Crippen molar-refractivity contribution in [2.45, 2.75) is 62.8 Å². The number of carboxylic acid groups (broad SMARTS) is 1. The third kappa shape index (κ3) is 5.80. The number of hydrogen-bond acceptors (Lipinski definition) is 4. The average Bonchev–Trinajstić information content (AvgIpc) is 3.85. The molecule has 3 aromatic carbocycles. The molecule has 2 aliphatic carbocycles. The monoisotopic (exact) mass is 626 g/mol. The Morgan fingerprint density at radius 3 is 2.43 bits per heavy atom. The lowest BCUT2D eigenvalue weighted by Gasteiger charge is -2.29. The van der Waals surface area contributed by atoms with Crippen LogP contribution in [0.25, 0.3) is 39.1 Å². The lowest BCUT2D eigenvalue weighted by atomic mass is 9.91. The van der Waals surface area contributed by atoms with Crippen molar-refractivity contribution in [2.75, 3.05) is 5.32 Å². The van der Waals surface area contributed by atoms with Gasteiger partial charge in [0.25, 0.3) is 5.91 Å². The lowest BCUT2D eigenvalue weighted by molar-refractivity contribution is -0.131. The van der Waals surface area contributed by atoms with Crippen LogP contribution in [0.4, 0.5) is 5.69 Å². The van der Waals surface area contributed by atoms with Crippen LogP contribution in [0.3, 0.4) is 0 Å². The second-order valence-electron chi connectivity index (χ2n) is 12.9. The predicted octanol–water partition coefficient (Wildman–Crippen LogP) is 7.83. The minimum absolute atomic E-state index is 0.244. The number of anilines is 1. The Balaban J connectivity index is 1.20. The summed E-state index contributed by atoms with van der Waals surface area (Å²) in [5, 5.41) is 17.3. The molecule has 0 atom stereocenters. The Bertz CT molecular complexity index is 2020. The first kappa shape index (κ1) is 30.4. The minimum Gasteiger partial charge on any atom is -0.478 e. The second kappa shape index (κ2) is 12.5. The maximum Gasteiger partial charge on any atom is 0.328 e. The summed E-state index contributed by atoms with van der Waals surface area (Å²) in [4.78, 5) is 43.2. The number of amides is 2. The summed E-state index contributed by atoms with van der Waals surface area (Å²) in [6, 6.07) is 23.3. The van der Waals surface area contributed by atoms with E-state index in [4.69, 9.17) is 10.1 Å². The Morgan fingerprint density at radius 1 is 0.936 bits per heavy atom. The summed E-state index contributed by atoms with van der Waals surface area (Å²) >= 11 is 0. The number of rotatable bonds is 8. The number of aromatic nitrogens is 2. The fourth-order valence-electron chi connectivity index (χ4n) is 7.63. The fourth-order valence-corrected chi connectivity index (χ4v) is 7.63. The molecule has 2 amide bonds. The van der Waals surface area contributed by atoms with E-state index in [2.05, 4.69) is 52.6 Å². The number of pyridine rings is 1. The van der Waals surface area contributed by atoms with Gasteiger partial charge in [0, 0.05) is 52.4 Å². The van der Waals surface area contributed by atoms with Gasteiger partial charge < -0.3 is 20.3 Å². The van der Waals surface area contributed by atoms with Gasteiger partial charge in [-0.25, -0.2) is 4.79 Å². The molecule has 2 fully saturated rings. The summed E-state index contributed by atoms with van der Waals surface area (Å²) in [6.45, 7) is 0. The van der Waals surface area contributed by atoms with Crippen molar-refractivity contribution >= 4 is 51.4 Å². The molecule has 3 N–H and O–H groups in total. The first-order valence-corrected chi connectivity index (χ1v) is 16.4. The van der Waals surface area contributed by atoms with E-state index in [-0.39, 0.29) is 11.8 Å². The van der Waals surface area contributed by atoms with Gasteiger partial charge in [-0.15, -0.1) is 0 Å². The highest BCUT2D eigenvalue weighted by molar-refractivity contribution is 6.06. The molecule has 0 spiro atoms. The highest BCUT2D eigenvalue weighted by Gasteiger charge is 2.42. The standard InChI is InChI=1S/C39H38N4O4/c1-43-32-24-28(37(46)42-39(21-4-5-22-39)38(47)41-29-17-13-25(14-18-29)15-20-33(44)45)16-19-30(32)34(26-8-2-3-9-26)36(43)31-12-6-10-27-11-7-23-40-35(27)31/h6-7,10-20,23-24,26H,2-5,8-9,21-22H2,1H3,(H,41,47)(H,42,46)(H,44,45)/b20-15+. The maximum absolute atomic E-state index is 13.9. The number of nitrogens with zero attached hydrogens (tertiary/aromatic N) is 2. The molecule has 0 saturated heterocycles. The number of aryl methyl sites for hydroxylation is 1. The van der Waals surface area contributed by atoms with E-state index in [1.807, 2.05) is 24.4 Å². The molecule has 0 aliphatic heterocycles. The van der Waals surface area contributed by atoms with Crippen LogP contribution in [0, 0.1) is 0 Å². The van der Waals surface area contributed by atoms with Crippen molar-refractivity contribution in [3.8, 4) is 11.3 Å². The number of carbonyl (C=O) groups is 3. The van der Waals surface area contributed by atoms with Crippen LogP contribution >= 0.6 is 0 Å². The Labute approximate surface area is 273 Å². The number of hydrogen-bond donors (Lipinski definition) is 3. The largest absolute Gasteiger partial charge is 0.478 e. The number of fused-ring (bicyclic) bond motifs is 2. The van der Waals surface area contributed by atoms with Crippen molar-refractivity contribution < 1.29 is 19.5 Å². The lowest BCUT2D eigenvalue weighted by Crippen LogP contribution is -2.55. The molecule has 0 radical (unpaired) electrons. The van der Waals surface area contributed by atoms with Gasteiger partial charge in [0.05, 0.1) is 11.2 Å². The molecule has 5 aromatic rings. The van der Waals surface area contributed by atoms with Crippen LogP contribution in [0.15, 0.2) is 85.1 Å². The normalized spacial score (nSPS) is 16.3. The average molecular weight is 627 g/mol. The van der Waals surface area contributed by atoms with E-state index in [0.29, 0.717) is 35.6 Å². The molecule has 47 heavy (non-hydrogen) atoms. The van der Waals surface area contributed by atoms with Crippen molar-refractivity contribution in [1.82, 2.24) is 14.9 Å². The maximum atomic E-state index is 13.9. The summed E-state index contributed by atoms with van der Waals surface area (Å²) < 4.78 is 2.22. The Kier molecular flexibility index (Phi) is 8.10. The van der Waals surface area contributed by atoms with Gasteiger partial charge in [0.1, 0.15) is 5.54 Å². The van der Waals surface area contributed by atoms with Crippen LogP contribution in [0.2, 0.25) is 0 Å². The molecule has 8 heteroatoms. The Hall–Kier alpha value is -5.24. The van der Waals surface area contributed by atoms with E-state index < -0.39 is 11.5 Å². The second-order valence-corrected chi connectivity index (χ2v) is 12.9. The zero-order valence-electron chi connectivity index (χ0n) is 26.5. The smallest absolute Gasteiger partial charge is 0.328 e. The van der Waals surface area contributed by atoms with Gasteiger partial charge in [-0.1, -0.05) is 68.1 Å². The molecule has 8 nitrogen and oxygen atoms in total. The summed E-state index contributed by atoms with van der Waals surface area (Å²) in [6.07, 6.45) is 11.9. The number of carbonyl (C=O) groups excluding carboxylic acids is 2. The molecular formula is C39H38N4O4. The topological polar surface area (TPSA) is 113 Å². The van der Waals surface area contributed by atoms with Crippen LogP contribution < -0.4 is 10.6 Å². The van der Waals surface area contributed by atoms with Gasteiger partial charge >= 0.3 is 5.97 Å². The zero-order valence-corrected chi connectivity index (χ0v) is 26.5. The summed E-state index contributed by atoms with van der Waals surface area (Å²) in [5.41, 5.74) is 6.35. The fraction of sp³-hybridized carbons (Fsp3) is 0.282. The summed E-state index contributed by atoms with van der Waals surface area (Å²) in [5.74, 6) is -1.09. The number of para-hydroxylation sites is 1.